The number of nitrogens with one attached hydrogen (secondary N) is 1. The van der Waals surface area contributed by atoms with Crippen LogP contribution in [0.3, 0.4) is 0 Å². The summed E-state index contributed by atoms with van der Waals surface area (Å²) in [6.45, 7) is 0.320. The van der Waals surface area contributed by atoms with Crippen LogP contribution in [0.2, 0.25) is 5.02 Å². The number of anilines is 1. The number of primary amides is 1. The van der Waals surface area contributed by atoms with E-state index >= 15 is 0 Å². The molecule has 1 saturated heterocycles. The van der Waals surface area contributed by atoms with Crippen molar-refractivity contribution < 1.29 is 14.3 Å². The zero-order valence-corrected chi connectivity index (χ0v) is 15.0. The minimum absolute atomic E-state index is 0.171. The first kappa shape index (κ1) is 16.6. The predicted molar refractivity (Wildman–Crippen MR) is 97.1 cm³/mol. The van der Waals surface area contributed by atoms with Gasteiger partial charge in [0.2, 0.25) is 5.91 Å². The van der Waals surface area contributed by atoms with E-state index < -0.39 is 6.10 Å². The van der Waals surface area contributed by atoms with Crippen molar-refractivity contribution >= 4 is 40.4 Å². The smallest absolute Gasteiger partial charge is 0.257 e. The average molecular weight is 377 g/mol. The summed E-state index contributed by atoms with van der Waals surface area (Å²) in [5.74, 6) is -0.912. The lowest BCUT2D eigenvalue weighted by Gasteiger charge is -2.34. The van der Waals surface area contributed by atoms with Gasteiger partial charge in [-0.25, -0.2) is 0 Å². The monoisotopic (exact) mass is 376 g/mol. The molecule has 1 aliphatic carbocycles. The second kappa shape index (κ2) is 6.44. The summed E-state index contributed by atoms with van der Waals surface area (Å²) in [5.41, 5.74) is 7.88. The van der Waals surface area contributed by atoms with Crippen molar-refractivity contribution in [3.63, 3.8) is 0 Å². The van der Waals surface area contributed by atoms with Gasteiger partial charge in [-0.05, 0) is 49.1 Å². The minimum atomic E-state index is -0.404. The van der Waals surface area contributed by atoms with Crippen LogP contribution in [0, 0.1) is 5.92 Å². The van der Waals surface area contributed by atoms with Gasteiger partial charge in [0.15, 0.2) is 0 Å². The molecule has 2 heterocycles. The number of carbonyl (C=O) groups is 2. The molecule has 2 amide bonds. The van der Waals surface area contributed by atoms with Gasteiger partial charge in [-0.15, -0.1) is 11.3 Å². The highest BCUT2D eigenvalue weighted by molar-refractivity contribution is 7.12. The van der Waals surface area contributed by atoms with Crippen molar-refractivity contribution in [3.05, 3.63) is 50.2 Å². The summed E-state index contributed by atoms with van der Waals surface area (Å²) in [7, 11) is 0. The predicted octanol–water partition coefficient (Wildman–Crippen LogP) is 3.32. The maximum atomic E-state index is 13.0. The van der Waals surface area contributed by atoms with Crippen molar-refractivity contribution in [3.8, 4) is 0 Å². The number of amides is 2. The Kier molecular flexibility index (Phi) is 4.27. The Morgan fingerprint density at radius 3 is 2.64 bits per heavy atom. The molecule has 1 aliphatic heterocycles. The molecule has 1 fully saturated rings. The lowest BCUT2D eigenvalue weighted by molar-refractivity contribution is -0.154. The van der Waals surface area contributed by atoms with E-state index in [1.165, 1.54) is 4.88 Å². The highest BCUT2D eigenvalue weighted by atomic mass is 35.5. The molecule has 4 rings (SSSR count). The van der Waals surface area contributed by atoms with Gasteiger partial charge in [0.05, 0.1) is 18.1 Å². The van der Waals surface area contributed by atoms with Crippen LogP contribution in [0.1, 0.15) is 38.2 Å². The Morgan fingerprint density at radius 2 is 2.00 bits per heavy atom. The van der Waals surface area contributed by atoms with Crippen LogP contribution in [0.4, 0.5) is 5.69 Å². The van der Waals surface area contributed by atoms with Crippen molar-refractivity contribution in [2.75, 3.05) is 11.9 Å². The minimum Gasteiger partial charge on any atom is -0.371 e. The van der Waals surface area contributed by atoms with Gasteiger partial charge >= 0.3 is 0 Å². The zero-order valence-electron chi connectivity index (χ0n) is 13.4. The summed E-state index contributed by atoms with van der Waals surface area (Å²) in [6, 6.07) is 6.99. The summed E-state index contributed by atoms with van der Waals surface area (Å²) >= 11 is 7.47. The molecule has 2 atom stereocenters. The van der Waals surface area contributed by atoms with E-state index in [2.05, 4.69) is 5.32 Å². The van der Waals surface area contributed by atoms with E-state index in [1.54, 1.807) is 35.6 Å². The number of aryl methyl sites for hydroxylation is 1. The zero-order chi connectivity index (χ0) is 17.6. The average Bonchev–Trinajstić information content (AvgIpc) is 3.08. The highest BCUT2D eigenvalue weighted by Crippen LogP contribution is 2.45. The molecule has 130 valence electrons. The fourth-order valence-corrected chi connectivity index (χ4v) is 5.01. The molecule has 2 unspecified atom stereocenters. The lowest BCUT2D eigenvalue weighted by atomic mass is 9.92. The Labute approximate surface area is 154 Å². The largest absolute Gasteiger partial charge is 0.371 e. The normalized spacial score (nSPS) is 21.5. The van der Waals surface area contributed by atoms with Crippen LogP contribution in [-0.2, 0) is 22.4 Å². The van der Waals surface area contributed by atoms with E-state index in [9.17, 15) is 9.59 Å². The molecule has 5 nitrogen and oxygen atoms in total. The second-order valence-corrected chi connectivity index (χ2v) is 7.89. The SMILES string of the molecule is NC(=O)C1COC1c1sc2c(c1C(=O)Nc1ccc(Cl)cc1)CCC2. The van der Waals surface area contributed by atoms with Gasteiger partial charge in [0.25, 0.3) is 5.91 Å². The standard InChI is InChI=1S/C18H17ClN2O3S/c19-9-4-6-10(7-5-9)21-18(23)14-11-2-1-3-13(11)25-16(14)15-12(8-24-15)17(20)22/h4-7,12,15H,1-3,8H2,(H2,20,22)(H,21,23). The number of hydrogen-bond donors (Lipinski definition) is 2. The summed E-state index contributed by atoms with van der Waals surface area (Å²) in [5, 5.41) is 3.54. The number of thiophene rings is 1. The molecule has 0 saturated carbocycles. The number of ether oxygens (including phenoxy) is 1. The third-order valence-electron chi connectivity index (χ3n) is 4.72. The number of nitrogens with two attached hydrogens (primary N) is 1. The molecule has 7 heteroatoms. The molecule has 0 spiro atoms. The highest BCUT2D eigenvalue weighted by Gasteiger charge is 2.42. The van der Waals surface area contributed by atoms with Gasteiger partial charge in [-0.1, -0.05) is 11.6 Å². The summed E-state index contributed by atoms with van der Waals surface area (Å²) in [6.07, 6.45) is 2.49. The van der Waals surface area contributed by atoms with Crippen LogP contribution in [0.5, 0.6) is 0 Å². The van der Waals surface area contributed by atoms with Crippen molar-refractivity contribution in [1.82, 2.24) is 0 Å². The van der Waals surface area contributed by atoms with Crippen LogP contribution in [-0.4, -0.2) is 18.4 Å². The van der Waals surface area contributed by atoms with Crippen molar-refractivity contribution in [1.29, 1.82) is 0 Å². The molecular weight excluding hydrogens is 360 g/mol. The fourth-order valence-electron chi connectivity index (χ4n) is 3.38. The Morgan fingerprint density at radius 1 is 1.24 bits per heavy atom. The van der Waals surface area contributed by atoms with E-state index in [-0.39, 0.29) is 17.7 Å². The Bertz CT molecular complexity index is 847. The Balaban J connectivity index is 1.67. The molecule has 0 bridgehead atoms. The fraction of sp³-hybridized carbons (Fsp3) is 0.333. The number of halogens is 1. The van der Waals surface area contributed by atoms with Crippen molar-refractivity contribution in [2.24, 2.45) is 11.7 Å². The second-order valence-electron chi connectivity index (χ2n) is 6.32. The van der Waals surface area contributed by atoms with E-state index in [0.29, 0.717) is 22.9 Å². The summed E-state index contributed by atoms with van der Waals surface area (Å²) < 4.78 is 5.60. The maximum absolute atomic E-state index is 13.0. The molecular formula is C18H17ClN2O3S. The van der Waals surface area contributed by atoms with Crippen molar-refractivity contribution in [2.45, 2.75) is 25.4 Å². The van der Waals surface area contributed by atoms with Gasteiger partial charge in [-0.2, -0.15) is 0 Å². The topological polar surface area (TPSA) is 81.4 Å². The number of fused-ring (bicyclic) bond motifs is 1. The molecule has 1 aromatic heterocycles. The van der Waals surface area contributed by atoms with Crippen LogP contribution >= 0.6 is 22.9 Å². The van der Waals surface area contributed by atoms with Crippen LogP contribution in [0.25, 0.3) is 0 Å². The molecule has 25 heavy (non-hydrogen) atoms. The number of benzene rings is 1. The maximum Gasteiger partial charge on any atom is 0.257 e. The molecule has 2 aromatic rings. The van der Waals surface area contributed by atoms with Gasteiger partial charge in [-0.3, -0.25) is 9.59 Å². The van der Waals surface area contributed by atoms with E-state index in [0.717, 1.165) is 29.7 Å². The first-order valence-electron chi connectivity index (χ1n) is 8.17. The molecule has 1 aromatic carbocycles. The number of hydrogen-bond acceptors (Lipinski definition) is 4. The summed E-state index contributed by atoms with van der Waals surface area (Å²) in [4.78, 5) is 26.6. The van der Waals surface area contributed by atoms with Crippen LogP contribution in [0.15, 0.2) is 24.3 Å². The van der Waals surface area contributed by atoms with Gasteiger partial charge in [0, 0.05) is 20.5 Å². The quantitative estimate of drug-likeness (QED) is 0.858. The van der Waals surface area contributed by atoms with Crippen LogP contribution < -0.4 is 11.1 Å². The third-order valence-corrected chi connectivity index (χ3v) is 6.33. The molecule has 3 N–H and O–H groups in total. The van der Waals surface area contributed by atoms with Gasteiger partial charge in [0.1, 0.15) is 6.10 Å². The van der Waals surface area contributed by atoms with Gasteiger partial charge < -0.3 is 15.8 Å². The first-order valence-corrected chi connectivity index (χ1v) is 9.36. The molecule has 0 radical (unpaired) electrons. The van der Waals surface area contributed by atoms with E-state index in [1.807, 2.05) is 0 Å². The number of rotatable bonds is 4. The number of carbonyl (C=O) groups excluding carboxylic acids is 2. The first-order chi connectivity index (χ1) is 12.0. The third kappa shape index (κ3) is 2.94. The van der Waals surface area contributed by atoms with E-state index in [4.69, 9.17) is 22.1 Å². The molecule has 2 aliphatic rings. The lowest BCUT2D eigenvalue weighted by Crippen LogP contribution is -2.42. The Hall–Kier alpha value is -1.89.